The van der Waals surface area contributed by atoms with Gasteiger partial charge in [-0.1, -0.05) is 6.07 Å². The van der Waals surface area contributed by atoms with Crippen LogP contribution in [0.3, 0.4) is 0 Å². The quantitative estimate of drug-likeness (QED) is 0.847. The van der Waals surface area contributed by atoms with E-state index < -0.39 is 0 Å². The minimum Gasteiger partial charge on any atom is -0.370 e. The van der Waals surface area contributed by atoms with Crippen molar-refractivity contribution in [3.05, 3.63) is 35.7 Å². The van der Waals surface area contributed by atoms with Gasteiger partial charge in [-0.05, 0) is 26.0 Å². The smallest absolute Gasteiger partial charge is 0.128 e. The fourth-order valence-electron chi connectivity index (χ4n) is 1.72. The first-order chi connectivity index (χ1) is 8.70. The Labute approximate surface area is 107 Å². The third-order valence-electron chi connectivity index (χ3n) is 2.90. The van der Waals surface area contributed by atoms with Gasteiger partial charge in [-0.3, -0.25) is 4.68 Å². The number of pyridine rings is 1. The van der Waals surface area contributed by atoms with Crippen LogP contribution in [0.1, 0.15) is 18.2 Å². The van der Waals surface area contributed by atoms with Gasteiger partial charge in [-0.25, -0.2) is 4.98 Å². The maximum absolute atomic E-state index is 4.46. The molecule has 0 aliphatic heterocycles. The van der Waals surface area contributed by atoms with Crippen molar-refractivity contribution in [1.29, 1.82) is 0 Å². The lowest BCUT2D eigenvalue weighted by Crippen LogP contribution is -2.05. The van der Waals surface area contributed by atoms with Crippen molar-refractivity contribution in [2.24, 2.45) is 7.05 Å². The second-order valence-electron chi connectivity index (χ2n) is 4.17. The number of rotatable bonds is 5. The predicted molar refractivity (Wildman–Crippen MR) is 73.7 cm³/mol. The maximum atomic E-state index is 4.46. The van der Waals surface area contributed by atoms with Gasteiger partial charge in [0.25, 0.3) is 0 Å². The number of hydrogen-bond acceptors (Lipinski definition) is 4. The molecule has 0 aromatic carbocycles. The molecule has 0 spiro atoms. The highest BCUT2D eigenvalue weighted by molar-refractivity contribution is 5.45. The molecule has 5 nitrogen and oxygen atoms in total. The third-order valence-corrected chi connectivity index (χ3v) is 2.90. The van der Waals surface area contributed by atoms with Crippen LogP contribution in [0.4, 0.5) is 11.6 Å². The molecule has 0 unspecified atom stereocenters. The van der Waals surface area contributed by atoms with Crippen LogP contribution in [0, 0.1) is 6.92 Å². The molecule has 0 fully saturated rings. The van der Waals surface area contributed by atoms with Gasteiger partial charge in [0, 0.05) is 31.4 Å². The fourth-order valence-corrected chi connectivity index (χ4v) is 1.72. The largest absolute Gasteiger partial charge is 0.370 e. The summed E-state index contributed by atoms with van der Waals surface area (Å²) in [5.74, 6) is 1.77. The Morgan fingerprint density at radius 1 is 1.22 bits per heavy atom. The van der Waals surface area contributed by atoms with E-state index in [1.165, 1.54) is 11.3 Å². The Morgan fingerprint density at radius 2 is 1.94 bits per heavy atom. The van der Waals surface area contributed by atoms with Crippen LogP contribution in [0.2, 0.25) is 0 Å². The highest BCUT2D eigenvalue weighted by atomic mass is 15.3. The van der Waals surface area contributed by atoms with Gasteiger partial charge in [0.1, 0.15) is 11.6 Å². The van der Waals surface area contributed by atoms with Crippen LogP contribution in [-0.4, -0.2) is 21.3 Å². The molecule has 2 aromatic heterocycles. The second kappa shape index (κ2) is 5.53. The first kappa shape index (κ1) is 12.4. The first-order valence-corrected chi connectivity index (χ1v) is 6.13. The maximum Gasteiger partial charge on any atom is 0.128 e. The van der Waals surface area contributed by atoms with Gasteiger partial charge in [-0.15, -0.1) is 0 Å². The van der Waals surface area contributed by atoms with Gasteiger partial charge >= 0.3 is 0 Å². The van der Waals surface area contributed by atoms with E-state index in [2.05, 4.69) is 34.6 Å². The standard InChI is InChI=1S/C13H19N5/c1-4-14-12-6-5-7-13(17-12)15-8-11-9-16-18(3)10(11)2/h5-7,9H,4,8H2,1-3H3,(H2,14,15,17). The molecule has 0 saturated heterocycles. The van der Waals surface area contributed by atoms with E-state index in [0.717, 1.165) is 24.7 Å². The highest BCUT2D eigenvalue weighted by Crippen LogP contribution is 2.12. The molecule has 0 atom stereocenters. The normalized spacial score (nSPS) is 10.4. The fraction of sp³-hybridized carbons (Fsp3) is 0.385. The molecular weight excluding hydrogens is 226 g/mol. The number of aryl methyl sites for hydroxylation is 1. The van der Waals surface area contributed by atoms with E-state index in [4.69, 9.17) is 0 Å². The SMILES string of the molecule is CCNc1cccc(NCc2cnn(C)c2C)n1. The van der Waals surface area contributed by atoms with E-state index in [1.54, 1.807) is 0 Å². The van der Waals surface area contributed by atoms with Crippen molar-refractivity contribution in [1.82, 2.24) is 14.8 Å². The topological polar surface area (TPSA) is 54.8 Å². The van der Waals surface area contributed by atoms with Crippen LogP contribution >= 0.6 is 0 Å². The van der Waals surface area contributed by atoms with Gasteiger partial charge in [0.15, 0.2) is 0 Å². The van der Waals surface area contributed by atoms with Crippen molar-refractivity contribution >= 4 is 11.6 Å². The van der Waals surface area contributed by atoms with E-state index in [9.17, 15) is 0 Å². The van der Waals surface area contributed by atoms with Crippen LogP contribution in [0.15, 0.2) is 24.4 Å². The van der Waals surface area contributed by atoms with Crippen molar-refractivity contribution in [3.63, 3.8) is 0 Å². The van der Waals surface area contributed by atoms with Crippen LogP contribution in [0.5, 0.6) is 0 Å². The summed E-state index contributed by atoms with van der Waals surface area (Å²) >= 11 is 0. The number of aromatic nitrogens is 3. The zero-order valence-corrected chi connectivity index (χ0v) is 11.1. The number of nitrogens with zero attached hydrogens (tertiary/aromatic N) is 3. The Balaban J connectivity index is 2.01. The Bertz CT molecular complexity index is 518. The molecule has 96 valence electrons. The molecule has 0 bridgehead atoms. The lowest BCUT2D eigenvalue weighted by molar-refractivity contribution is 0.738. The molecule has 2 heterocycles. The van der Waals surface area contributed by atoms with Crippen LogP contribution in [0.25, 0.3) is 0 Å². The highest BCUT2D eigenvalue weighted by Gasteiger charge is 2.03. The minimum absolute atomic E-state index is 0.738. The molecule has 2 aromatic rings. The van der Waals surface area contributed by atoms with Crippen LogP contribution < -0.4 is 10.6 Å². The summed E-state index contributed by atoms with van der Waals surface area (Å²) in [6.07, 6.45) is 1.89. The Hall–Kier alpha value is -2.04. The van der Waals surface area contributed by atoms with Crippen LogP contribution in [-0.2, 0) is 13.6 Å². The molecule has 0 radical (unpaired) electrons. The molecule has 0 saturated carbocycles. The molecule has 2 N–H and O–H groups in total. The zero-order valence-electron chi connectivity index (χ0n) is 11.1. The molecular formula is C13H19N5. The number of hydrogen-bond donors (Lipinski definition) is 2. The summed E-state index contributed by atoms with van der Waals surface area (Å²) in [4.78, 5) is 4.46. The summed E-state index contributed by atoms with van der Waals surface area (Å²) in [5.41, 5.74) is 2.36. The van der Waals surface area contributed by atoms with Crippen molar-refractivity contribution in [2.75, 3.05) is 17.2 Å². The Morgan fingerprint density at radius 3 is 2.56 bits per heavy atom. The van der Waals surface area contributed by atoms with E-state index in [1.807, 2.05) is 36.1 Å². The summed E-state index contributed by atoms with van der Waals surface area (Å²) in [6, 6.07) is 5.92. The summed E-state index contributed by atoms with van der Waals surface area (Å²) in [5, 5.41) is 10.7. The number of nitrogens with one attached hydrogen (secondary N) is 2. The van der Waals surface area contributed by atoms with Gasteiger partial charge in [0.2, 0.25) is 0 Å². The first-order valence-electron chi connectivity index (χ1n) is 6.13. The minimum atomic E-state index is 0.738. The lowest BCUT2D eigenvalue weighted by atomic mass is 10.2. The van der Waals surface area contributed by atoms with Gasteiger partial charge < -0.3 is 10.6 Å². The van der Waals surface area contributed by atoms with Crippen molar-refractivity contribution in [2.45, 2.75) is 20.4 Å². The average Bonchev–Trinajstić information content (AvgIpc) is 2.69. The average molecular weight is 245 g/mol. The van der Waals surface area contributed by atoms with Crippen molar-refractivity contribution < 1.29 is 0 Å². The lowest BCUT2D eigenvalue weighted by Gasteiger charge is -2.07. The molecule has 5 heteroatoms. The Kier molecular flexibility index (Phi) is 3.82. The van der Waals surface area contributed by atoms with Gasteiger partial charge in [0.05, 0.1) is 6.20 Å². The van der Waals surface area contributed by atoms with E-state index >= 15 is 0 Å². The summed E-state index contributed by atoms with van der Waals surface area (Å²) < 4.78 is 1.87. The molecule has 0 aliphatic carbocycles. The monoisotopic (exact) mass is 245 g/mol. The van der Waals surface area contributed by atoms with E-state index in [-0.39, 0.29) is 0 Å². The summed E-state index contributed by atoms with van der Waals surface area (Å²) in [6.45, 7) is 5.73. The summed E-state index contributed by atoms with van der Waals surface area (Å²) in [7, 11) is 1.95. The zero-order chi connectivity index (χ0) is 13.0. The molecule has 2 rings (SSSR count). The van der Waals surface area contributed by atoms with Gasteiger partial charge in [-0.2, -0.15) is 5.10 Å². The molecule has 18 heavy (non-hydrogen) atoms. The predicted octanol–water partition coefficient (Wildman–Crippen LogP) is 2.17. The van der Waals surface area contributed by atoms with E-state index in [0.29, 0.717) is 0 Å². The van der Waals surface area contributed by atoms with Crippen molar-refractivity contribution in [3.8, 4) is 0 Å². The third kappa shape index (κ3) is 2.80. The molecule has 0 amide bonds. The second-order valence-corrected chi connectivity index (χ2v) is 4.17. The number of anilines is 2. The molecule has 0 aliphatic rings.